The van der Waals surface area contributed by atoms with Gasteiger partial charge in [-0.15, -0.1) is 0 Å². The number of benzene rings is 2. The van der Waals surface area contributed by atoms with E-state index in [1.165, 1.54) is 24.3 Å². The molecule has 2 rings (SSSR count). The fraction of sp³-hybridized carbons (Fsp3) is 0. The molecule has 8 heteroatoms. The van der Waals surface area contributed by atoms with Crippen LogP contribution in [0.3, 0.4) is 0 Å². The van der Waals surface area contributed by atoms with Gasteiger partial charge in [0.1, 0.15) is 11.5 Å². The van der Waals surface area contributed by atoms with Crippen molar-refractivity contribution in [3.63, 3.8) is 0 Å². The van der Waals surface area contributed by atoms with E-state index in [9.17, 15) is 20.0 Å². The number of carbonyl (C=O) groups excluding carboxylic acids is 1. The molecule has 0 fully saturated rings. The summed E-state index contributed by atoms with van der Waals surface area (Å²) in [5, 5.41) is 22.3. The van der Waals surface area contributed by atoms with Crippen molar-refractivity contribution in [3.05, 3.63) is 62.1 Å². The molecule has 21 heavy (non-hydrogen) atoms. The average Bonchev–Trinajstić information content (AvgIpc) is 2.41. The van der Waals surface area contributed by atoms with E-state index in [4.69, 9.17) is 27.9 Å². The minimum atomic E-state index is -1.67. The van der Waals surface area contributed by atoms with Crippen molar-refractivity contribution in [2.24, 2.45) is 0 Å². The minimum absolute atomic E-state index is 0.0732. The number of hydrogen-bond acceptors (Lipinski definition) is 5. The van der Waals surface area contributed by atoms with E-state index < -0.39 is 22.1 Å². The number of hydrogen-bond donors (Lipinski definition) is 0. The van der Waals surface area contributed by atoms with Crippen molar-refractivity contribution in [2.75, 3.05) is 0 Å². The molecule has 2 aromatic carbocycles. The summed E-state index contributed by atoms with van der Waals surface area (Å²) in [6, 6.07) is 7.75. The van der Waals surface area contributed by atoms with E-state index in [1.807, 2.05) is 0 Å². The summed E-state index contributed by atoms with van der Waals surface area (Å²) < 4.78 is 5.39. The number of nitrogens with zero attached hydrogens (tertiary/aromatic N) is 1. The standard InChI is InChI=1S/C13H7Cl2NO5/c14-7-1-4-12(10(15)5-7)21-8-2-3-11(16(19)20)9(6-8)13(17)18/h1-6H,(H,17,18)/p-1. The molecule has 0 saturated carbocycles. The average molecular weight is 327 g/mol. The second-order valence-corrected chi connectivity index (χ2v) is 4.74. The lowest BCUT2D eigenvalue weighted by Crippen LogP contribution is -2.23. The predicted octanol–water partition coefficient (Wildman–Crippen LogP) is 3.06. The Morgan fingerprint density at radius 3 is 2.43 bits per heavy atom. The number of carboxylic acids is 1. The molecule has 2 aromatic rings. The summed E-state index contributed by atoms with van der Waals surface area (Å²) in [6.07, 6.45) is 0. The molecular weight excluding hydrogens is 321 g/mol. The molecule has 108 valence electrons. The zero-order valence-corrected chi connectivity index (χ0v) is 11.7. The number of carboxylic acid groups (broad SMARTS) is 1. The first kappa shape index (κ1) is 15.1. The van der Waals surface area contributed by atoms with Crippen LogP contribution in [-0.4, -0.2) is 10.9 Å². The zero-order valence-electron chi connectivity index (χ0n) is 10.2. The Kier molecular flexibility index (Phi) is 4.30. The number of carbonyl (C=O) groups is 1. The highest BCUT2D eigenvalue weighted by Gasteiger charge is 2.16. The first-order chi connectivity index (χ1) is 9.88. The van der Waals surface area contributed by atoms with Gasteiger partial charge in [-0.05, 0) is 30.3 Å². The first-order valence-corrected chi connectivity index (χ1v) is 6.27. The van der Waals surface area contributed by atoms with Crippen LogP contribution < -0.4 is 9.84 Å². The second kappa shape index (κ2) is 5.99. The Balaban J connectivity index is 2.39. The van der Waals surface area contributed by atoms with Crippen LogP contribution in [0.2, 0.25) is 10.0 Å². The lowest BCUT2D eigenvalue weighted by atomic mass is 10.1. The number of ether oxygens (including phenoxy) is 1. The van der Waals surface area contributed by atoms with Crippen LogP contribution in [0.5, 0.6) is 11.5 Å². The maximum absolute atomic E-state index is 10.9. The summed E-state index contributed by atoms with van der Waals surface area (Å²) in [5.74, 6) is -1.36. The SMILES string of the molecule is O=C([O-])c1cc(Oc2ccc(Cl)cc2Cl)ccc1[N+](=O)[O-]. The van der Waals surface area contributed by atoms with Crippen LogP contribution in [0.25, 0.3) is 0 Å². The van der Waals surface area contributed by atoms with Crippen LogP contribution >= 0.6 is 23.2 Å². The van der Waals surface area contributed by atoms with E-state index in [0.29, 0.717) is 5.02 Å². The Labute approximate surface area is 128 Å². The normalized spacial score (nSPS) is 10.2. The quantitative estimate of drug-likeness (QED) is 0.635. The van der Waals surface area contributed by atoms with Crippen molar-refractivity contribution >= 4 is 34.9 Å². The summed E-state index contributed by atoms with van der Waals surface area (Å²) >= 11 is 11.7. The summed E-state index contributed by atoms with van der Waals surface area (Å²) in [6.45, 7) is 0. The molecule has 0 heterocycles. The van der Waals surface area contributed by atoms with Gasteiger partial charge in [-0.2, -0.15) is 0 Å². The van der Waals surface area contributed by atoms with Gasteiger partial charge in [-0.3, -0.25) is 10.1 Å². The molecular formula is C13H6Cl2NO5-. The maximum atomic E-state index is 10.9. The smallest absolute Gasteiger partial charge is 0.278 e. The predicted molar refractivity (Wildman–Crippen MR) is 74.0 cm³/mol. The van der Waals surface area contributed by atoms with Gasteiger partial charge in [-0.1, -0.05) is 23.2 Å². The van der Waals surface area contributed by atoms with Crippen LogP contribution in [0.15, 0.2) is 36.4 Å². The van der Waals surface area contributed by atoms with E-state index in [-0.39, 0.29) is 16.5 Å². The zero-order chi connectivity index (χ0) is 15.6. The molecule has 0 unspecified atom stereocenters. The van der Waals surface area contributed by atoms with Crippen LogP contribution in [0, 0.1) is 10.1 Å². The summed E-state index contributed by atoms with van der Waals surface area (Å²) in [4.78, 5) is 20.8. The molecule has 0 saturated heterocycles. The van der Waals surface area contributed by atoms with Crippen molar-refractivity contribution in [1.82, 2.24) is 0 Å². The number of aromatic carboxylic acids is 1. The van der Waals surface area contributed by atoms with E-state index >= 15 is 0 Å². The molecule has 0 amide bonds. The van der Waals surface area contributed by atoms with Gasteiger partial charge in [0.2, 0.25) is 0 Å². The number of halogens is 2. The van der Waals surface area contributed by atoms with Gasteiger partial charge in [0, 0.05) is 11.1 Å². The summed E-state index contributed by atoms with van der Waals surface area (Å²) in [7, 11) is 0. The second-order valence-electron chi connectivity index (χ2n) is 3.90. The lowest BCUT2D eigenvalue weighted by Gasteiger charge is -2.10. The monoisotopic (exact) mass is 326 g/mol. The molecule has 0 radical (unpaired) electrons. The maximum Gasteiger partial charge on any atom is 0.278 e. The Morgan fingerprint density at radius 1 is 1.14 bits per heavy atom. The molecule has 0 bridgehead atoms. The van der Waals surface area contributed by atoms with Crippen LogP contribution in [0.4, 0.5) is 5.69 Å². The highest BCUT2D eigenvalue weighted by Crippen LogP contribution is 2.33. The van der Waals surface area contributed by atoms with Crippen molar-refractivity contribution in [1.29, 1.82) is 0 Å². The third-order valence-corrected chi connectivity index (χ3v) is 3.04. The lowest BCUT2D eigenvalue weighted by molar-refractivity contribution is -0.385. The van der Waals surface area contributed by atoms with Crippen molar-refractivity contribution in [3.8, 4) is 11.5 Å². The number of rotatable bonds is 4. The van der Waals surface area contributed by atoms with Crippen molar-refractivity contribution in [2.45, 2.75) is 0 Å². The largest absolute Gasteiger partial charge is 0.545 e. The van der Waals surface area contributed by atoms with Gasteiger partial charge in [0.05, 0.1) is 21.5 Å². The highest BCUT2D eigenvalue weighted by molar-refractivity contribution is 6.35. The van der Waals surface area contributed by atoms with Gasteiger partial charge in [-0.25, -0.2) is 0 Å². The third kappa shape index (κ3) is 3.42. The fourth-order valence-corrected chi connectivity index (χ4v) is 2.03. The Hall–Kier alpha value is -2.31. The molecule has 0 spiro atoms. The molecule has 6 nitrogen and oxygen atoms in total. The third-order valence-electron chi connectivity index (χ3n) is 2.51. The Bertz CT molecular complexity index is 732. The topological polar surface area (TPSA) is 92.5 Å². The molecule has 0 aliphatic heterocycles. The highest BCUT2D eigenvalue weighted by atomic mass is 35.5. The molecule has 0 N–H and O–H groups in total. The molecule has 0 aromatic heterocycles. The van der Waals surface area contributed by atoms with E-state index in [1.54, 1.807) is 0 Å². The van der Waals surface area contributed by atoms with Gasteiger partial charge < -0.3 is 14.6 Å². The van der Waals surface area contributed by atoms with Crippen LogP contribution in [0.1, 0.15) is 10.4 Å². The molecule has 0 aliphatic carbocycles. The fourth-order valence-electron chi connectivity index (χ4n) is 1.59. The van der Waals surface area contributed by atoms with Gasteiger partial charge >= 0.3 is 0 Å². The minimum Gasteiger partial charge on any atom is -0.545 e. The molecule has 0 atom stereocenters. The van der Waals surface area contributed by atoms with Crippen LogP contribution in [-0.2, 0) is 0 Å². The summed E-state index contributed by atoms with van der Waals surface area (Å²) in [5.41, 5.74) is -1.16. The molecule has 0 aliphatic rings. The first-order valence-electron chi connectivity index (χ1n) is 5.51. The Morgan fingerprint density at radius 2 is 1.86 bits per heavy atom. The van der Waals surface area contributed by atoms with E-state index in [2.05, 4.69) is 0 Å². The van der Waals surface area contributed by atoms with Gasteiger partial charge in [0.15, 0.2) is 0 Å². The van der Waals surface area contributed by atoms with E-state index in [0.717, 1.165) is 12.1 Å². The van der Waals surface area contributed by atoms with Crippen molar-refractivity contribution < 1.29 is 19.6 Å². The van der Waals surface area contributed by atoms with Gasteiger partial charge in [0.25, 0.3) is 5.69 Å². The number of nitro groups is 1. The number of nitro benzene ring substituents is 1.